The Bertz CT molecular complexity index is 416. The largest absolute Gasteiger partial charge is 0.393 e. The van der Waals surface area contributed by atoms with Crippen LogP contribution >= 0.6 is 11.8 Å². The Kier molecular flexibility index (Phi) is 20.7. The van der Waals surface area contributed by atoms with Crippen molar-refractivity contribution in [3.8, 4) is 0 Å². The Hall–Kier alpha value is 0.220. The van der Waals surface area contributed by atoms with E-state index in [4.69, 9.17) is 0 Å². The van der Waals surface area contributed by atoms with Crippen molar-refractivity contribution in [2.24, 2.45) is 0 Å². The van der Waals surface area contributed by atoms with Gasteiger partial charge in [0.05, 0.1) is 12.4 Å². The molecule has 1 unspecified atom stereocenters. The van der Waals surface area contributed by atoms with Gasteiger partial charge in [-0.15, -0.1) is 0 Å². The fraction of sp³-hybridized carbons (Fsp3) is 1.00. The average molecular weight is 438 g/mol. The molecule has 0 aromatic rings. The second-order valence-electron chi connectivity index (χ2n) is 8.11. The number of aliphatic hydroxyl groups excluding tert-OH is 1. The van der Waals surface area contributed by atoms with Gasteiger partial charge in [0.1, 0.15) is 0 Å². The Morgan fingerprint density at radius 1 is 0.750 bits per heavy atom. The first-order valence-electron chi connectivity index (χ1n) is 11.7. The third-order valence-electron chi connectivity index (χ3n) is 5.08. The number of rotatable bonds is 22. The van der Waals surface area contributed by atoms with Crippen LogP contribution in [0.4, 0.5) is 0 Å². The van der Waals surface area contributed by atoms with Gasteiger partial charge < -0.3 is 5.11 Å². The van der Waals surface area contributed by atoms with Crippen molar-refractivity contribution in [3.05, 3.63) is 0 Å². The smallest absolute Gasteiger partial charge is 0.208 e. The number of aliphatic hydroxyl groups is 1. The maximum atomic E-state index is 10.9. The summed E-state index contributed by atoms with van der Waals surface area (Å²) in [7, 11) is -3.14. The molecule has 1 atom stereocenters. The van der Waals surface area contributed by atoms with Crippen molar-refractivity contribution >= 4 is 21.8 Å². The molecule has 0 saturated carbocycles. The molecule has 2 N–H and O–H groups in total. The summed E-state index contributed by atoms with van der Waals surface area (Å²) in [5.74, 6) is 2.13. The number of nitrogens with one attached hydrogen (secondary N) is 1. The molecular weight excluding hydrogens is 390 g/mol. The molecule has 0 fully saturated rings. The molecule has 0 aliphatic heterocycles. The van der Waals surface area contributed by atoms with E-state index in [0.29, 0.717) is 13.0 Å². The summed E-state index contributed by atoms with van der Waals surface area (Å²) in [5, 5.41) is 9.82. The van der Waals surface area contributed by atoms with Crippen LogP contribution in [0.3, 0.4) is 0 Å². The van der Waals surface area contributed by atoms with Crippen molar-refractivity contribution in [2.45, 2.75) is 116 Å². The molecule has 0 radical (unpaired) electrons. The van der Waals surface area contributed by atoms with Crippen molar-refractivity contribution in [3.63, 3.8) is 0 Å². The van der Waals surface area contributed by atoms with Crippen LogP contribution in [0.5, 0.6) is 0 Å². The SMILES string of the molecule is CCCCCCCCCCCCCCCCSCCC(O)CCNS(C)(=O)=O. The molecule has 0 heterocycles. The second kappa shape index (κ2) is 20.5. The maximum absolute atomic E-state index is 10.9. The van der Waals surface area contributed by atoms with Gasteiger partial charge in [-0.2, -0.15) is 11.8 Å². The van der Waals surface area contributed by atoms with Gasteiger partial charge in [0, 0.05) is 6.54 Å². The fourth-order valence-corrected chi connectivity index (χ4v) is 4.82. The summed E-state index contributed by atoms with van der Waals surface area (Å²) in [6.07, 6.45) is 21.5. The lowest BCUT2D eigenvalue weighted by Crippen LogP contribution is -2.26. The summed E-state index contributed by atoms with van der Waals surface area (Å²) in [5.41, 5.74) is 0. The minimum Gasteiger partial charge on any atom is -0.393 e. The van der Waals surface area contributed by atoms with E-state index in [-0.39, 0.29) is 0 Å². The van der Waals surface area contributed by atoms with E-state index >= 15 is 0 Å². The molecule has 0 aliphatic rings. The first-order chi connectivity index (χ1) is 13.5. The van der Waals surface area contributed by atoms with E-state index in [2.05, 4.69) is 11.6 Å². The Morgan fingerprint density at radius 2 is 1.21 bits per heavy atom. The quantitative estimate of drug-likeness (QED) is 0.207. The molecule has 6 heteroatoms. The number of sulfonamides is 1. The lowest BCUT2D eigenvalue weighted by molar-refractivity contribution is 0.163. The summed E-state index contributed by atoms with van der Waals surface area (Å²) in [6.45, 7) is 2.60. The minimum atomic E-state index is -3.14. The van der Waals surface area contributed by atoms with Gasteiger partial charge in [0.2, 0.25) is 10.0 Å². The lowest BCUT2D eigenvalue weighted by Gasteiger charge is -2.10. The molecule has 0 bridgehead atoms. The summed E-state index contributed by atoms with van der Waals surface area (Å²) >= 11 is 1.91. The van der Waals surface area contributed by atoms with Gasteiger partial charge in [-0.3, -0.25) is 0 Å². The Morgan fingerprint density at radius 3 is 1.68 bits per heavy atom. The second-order valence-corrected chi connectivity index (χ2v) is 11.2. The van der Waals surface area contributed by atoms with Gasteiger partial charge in [0.25, 0.3) is 0 Å². The Labute approximate surface area is 180 Å². The maximum Gasteiger partial charge on any atom is 0.208 e. The Balaban J connectivity index is 3.15. The van der Waals surface area contributed by atoms with E-state index in [1.807, 2.05) is 11.8 Å². The first-order valence-corrected chi connectivity index (χ1v) is 14.7. The van der Waals surface area contributed by atoms with Crippen LogP contribution in [0, 0.1) is 0 Å². The third kappa shape index (κ3) is 24.3. The summed E-state index contributed by atoms with van der Waals surface area (Å²) < 4.78 is 24.3. The number of hydrogen-bond acceptors (Lipinski definition) is 4. The van der Waals surface area contributed by atoms with Gasteiger partial charge in [-0.1, -0.05) is 90.4 Å². The number of hydrogen-bond donors (Lipinski definition) is 2. The zero-order valence-electron chi connectivity index (χ0n) is 18.6. The topological polar surface area (TPSA) is 66.4 Å². The van der Waals surface area contributed by atoms with Crippen LogP contribution in [0.15, 0.2) is 0 Å². The zero-order chi connectivity index (χ0) is 20.9. The molecule has 4 nitrogen and oxygen atoms in total. The van der Waals surface area contributed by atoms with E-state index in [9.17, 15) is 13.5 Å². The highest BCUT2D eigenvalue weighted by molar-refractivity contribution is 7.99. The molecule has 28 heavy (non-hydrogen) atoms. The molecule has 170 valence electrons. The monoisotopic (exact) mass is 437 g/mol. The van der Waals surface area contributed by atoms with Crippen LogP contribution in [0.2, 0.25) is 0 Å². The van der Waals surface area contributed by atoms with Crippen LogP contribution in [-0.4, -0.2) is 43.9 Å². The summed E-state index contributed by atoms with van der Waals surface area (Å²) in [6, 6.07) is 0. The van der Waals surface area contributed by atoms with Gasteiger partial charge in [-0.25, -0.2) is 13.1 Å². The fourth-order valence-electron chi connectivity index (χ4n) is 3.28. The van der Waals surface area contributed by atoms with E-state index in [0.717, 1.165) is 18.4 Å². The highest BCUT2D eigenvalue weighted by Crippen LogP contribution is 2.14. The molecule has 0 amide bonds. The minimum absolute atomic E-state index is 0.323. The predicted octanol–water partition coefficient (Wildman–Crippen LogP) is 5.89. The molecule has 0 saturated heterocycles. The standard InChI is InChI=1S/C22H47NO3S2/c1-3-4-5-6-7-8-9-10-11-12-13-14-15-16-20-27-21-18-22(24)17-19-23-28(2,25)26/h22-24H,3-21H2,1-2H3. The summed E-state index contributed by atoms with van der Waals surface area (Å²) in [4.78, 5) is 0. The van der Waals surface area contributed by atoms with E-state index < -0.39 is 16.1 Å². The van der Waals surface area contributed by atoms with E-state index in [1.54, 1.807) is 0 Å². The number of thioether (sulfide) groups is 1. The molecule has 0 aromatic carbocycles. The van der Waals surface area contributed by atoms with Crippen molar-refractivity contribution in [2.75, 3.05) is 24.3 Å². The van der Waals surface area contributed by atoms with Crippen LogP contribution in [0.1, 0.15) is 110 Å². The van der Waals surface area contributed by atoms with Gasteiger partial charge >= 0.3 is 0 Å². The molecule has 0 aliphatic carbocycles. The zero-order valence-corrected chi connectivity index (χ0v) is 20.2. The van der Waals surface area contributed by atoms with Crippen molar-refractivity contribution in [1.82, 2.24) is 4.72 Å². The van der Waals surface area contributed by atoms with Crippen molar-refractivity contribution < 1.29 is 13.5 Å². The third-order valence-corrected chi connectivity index (χ3v) is 6.91. The highest BCUT2D eigenvalue weighted by Gasteiger charge is 2.06. The van der Waals surface area contributed by atoms with Crippen LogP contribution < -0.4 is 4.72 Å². The van der Waals surface area contributed by atoms with E-state index in [1.165, 1.54) is 95.6 Å². The predicted molar refractivity (Wildman–Crippen MR) is 126 cm³/mol. The lowest BCUT2D eigenvalue weighted by atomic mass is 10.0. The molecule has 0 rings (SSSR count). The van der Waals surface area contributed by atoms with Crippen LogP contribution in [0.25, 0.3) is 0 Å². The average Bonchev–Trinajstić information content (AvgIpc) is 2.63. The highest BCUT2D eigenvalue weighted by atomic mass is 32.2. The van der Waals surface area contributed by atoms with Crippen molar-refractivity contribution in [1.29, 1.82) is 0 Å². The number of unbranched alkanes of at least 4 members (excludes halogenated alkanes) is 13. The van der Waals surface area contributed by atoms with Crippen LogP contribution in [-0.2, 0) is 10.0 Å². The normalized spacial score (nSPS) is 13.1. The molecular formula is C22H47NO3S2. The van der Waals surface area contributed by atoms with Gasteiger partial charge in [0.15, 0.2) is 0 Å². The first kappa shape index (κ1) is 28.2. The molecule has 0 spiro atoms. The molecule has 0 aromatic heterocycles. The van der Waals surface area contributed by atoms with Gasteiger partial charge in [-0.05, 0) is 30.8 Å².